The number of carbonyl (C=O) groups excluding carboxylic acids is 2. The Morgan fingerprint density at radius 2 is 1.71 bits per heavy atom. The molecule has 2 amide bonds. The van der Waals surface area contributed by atoms with Crippen LogP contribution in [0.15, 0.2) is 77.7 Å². The van der Waals surface area contributed by atoms with Crippen LogP contribution >= 0.6 is 35.0 Å². The molecule has 0 radical (unpaired) electrons. The number of halogens is 2. The van der Waals surface area contributed by atoms with E-state index in [0.29, 0.717) is 28.6 Å². The molecule has 1 atom stereocenters. The number of benzene rings is 3. The zero-order chi connectivity index (χ0) is 24.5. The monoisotopic (exact) mass is 514 g/mol. The van der Waals surface area contributed by atoms with Gasteiger partial charge in [0.1, 0.15) is 6.04 Å². The van der Waals surface area contributed by atoms with Gasteiger partial charge in [0.05, 0.1) is 0 Å². The van der Waals surface area contributed by atoms with Crippen molar-refractivity contribution in [3.63, 3.8) is 0 Å². The molecule has 0 aliphatic carbocycles. The molecule has 0 saturated carbocycles. The predicted molar refractivity (Wildman–Crippen MR) is 142 cm³/mol. The van der Waals surface area contributed by atoms with E-state index in [1.54, 1.807) is 41.9 Å². The van der Waals surface area contributed by atoms with E-state index in [1.807, 2.05) is 37.3 Å². The molecule has 0 spiro atoms. The van der Waals surface area contributed by atoms with E-state index >= 15 is 0 Å². The minimum Gasteiger partial charge on any atom is -0.357 e. The first-order valence-electron chi connectivity index (χ1n) is 11.1. The maximum absolute atomic E-state index is 13.5. The van der Waals surface area contributed by atoms with Gasteiger partial charge in [0.2, 0.25) is 11.8 Å². The van der Waals surface area contributed by atoms with Crippen molar-refractivity contribution in [1.82, 2.24) is 10.2 Å². The fourth-order valence-electron chi connectivity index (χ4n) is 3.59. The predicted octanol–water partition coefficient (Wildman–Crippen LogP) is 6.17. The lowest BCUT2D eigenvalue weighted by Crippen LogP contribution is -2.49. The number of likely N-dealkylation sites (N-methyl/N-ethyl adjacent to an activating group) is 1. The number of nitrogens with zero attached hydrogens (tertiary/aromatic N) is 1. The number of amides is 2. The largest absolute Gasteiger partial charge is 0.357 e. The fraction of sp³-hybridized carbons (Fsp3) is 0.259. The number of hydrogen-bond acceptors (Lipinski definition) is 3. The first-order chi connectivity index (χ1) is 16.4. The summed E-state index contributed by atoms with van der Waals surface area (Å²) in [6.07, 6.45) is 0.703. The normalized spacial score (nSPS) is 11.6. The number of aryl methyl sites for hydroxylation is 1. The second kappa shape index (κ2) is 12.8. The molecule has 34 heavy (non-hydrogen) atoms. The fourth-order valence-corrected chi connectivity index (χ4v) is 4.90. The number of rotatable bonds is 10. The number of thioether (sulfide) groups is 1. The van der Waals surface area contributed by atoms with Crippen LogP contribution in [0.5, 0.6) is 0 Å². The minimum atomic E-state index is -0.670. The van der Waals surface area contributed by atoms with E-state index in [0.717, 1.165) is 16.0 Å². The van der Waals surface area contributed by atoms with Gasteiger partial charge in [-0.1, -0.05) is 77.3 Å². The van der Waals surface area contributed by atoms with Crippen LogP contribution in [0.25, 0.3) is 0 Å². The Hall–Kier alpha value is -2.47. The van der Waals surface area contributed by atoms with Crippen LogP contribution < -0.4 is 5.32 Å². The quantitative estimate of drug-likeness (QED) is 0.329. The third-order valence-corrected chi connectivity index (χ3v) is 7.08. The summed E-state index contributed by atoms with van der Waals surface area (Å²) in [6, 6.07) is 22.4. The van der Waals surface area contributed by atoms with Crippen LogP contribution in [0, 0.1) is 6.92 Å². The Labute approximate surface area is 215 Å². The summed E-state index contributed by atoms with van der Waals surface area (Å²) in [4.78, 5) is 29.2. The van der Waals surface area contributed by atoms with Crippen molar-refractivity contribution in [3.05, 3.63) is 99.5 Å². The smallest absolute Gasteiger partial charge is 0.242 e. The first kappa shape index (κ1) is 26.1. The average molecular weight is 516 g/mol. The molecular formula is C27H28Cl2N2O2S. The summed E-state index contributed by atoms with van der Waals surface area (Å²) in [5.74, 6) is 0.294. The molecule has 0 aliphatic heterocycles. The highest BCUT2D eigenvalue weighted by molar-refractivity contribution is 7.99. The van der Waals surface area contributed by atoms with Gasteiger partial charge >= 0.3 is 0 Å². The summed E-state index contributed by atoms with van der Waals surface area (Å²) in [5, 5.41) is 3.71. The molecule has 1 unspecified atom stereocenters. The summed E-state index contributed by atoms with van der Waals surface area (Å²) in [7, 11) is 1.59. The lowest BCUT2D eigenvalue weighted by atomic mass is 10.0. The highest BCUT2D eigenvalue weighted by Gasteiger charge is 2.30. The van der Waals surface area contributed by atoms with Gasteiger partial charge in [-0.3, -0.25) is 9.59 Å². The van der Waals surface area contributed by atoms with Crippen LogP contribution in [0.4, 0.5) is 0 Å². The van der Waals surface area contributed by atoms with Crippen LogP contribution in [0.2, 0.25) is 10.0 Å². The summed E-state index contributed by atoms with van der Waals surface area (Å²) >= 11 is 14.1. The molecule has 3 aromatic carbocycles. The van der Waals surface area contributed by atoms with Crippen molar-refractivity contribution in [2.45, 2.75) is 37.2 Å². The standard InChI is InChI=1S/C27H28Cl2N2O2S/c1-19-8-12-23(13-9-19)34-15-14-26(32)31(18-21-10-11-22(28)17-24(21)29)25(27(33)30-2)16-20-6-4-3-5-7-20/h3-13,17,25H,14-16,18H2,1-2H3,(H,30,33). The Balaban J connectivity index is 1.83. The van der Waals surface area contributed by atoms with E-state index in [2.05, 4.69) is 29.6 Å². The van der Waals surface area contributed by atoms with Gasteiger partial charge in [-0.2, -0.15) is 0 Å². The third-order valence-electron chi connectivity index (χ3n) is 5.48. The highest BCUT2D eigenvalue weighted by Crippen LogP contribution is 2.25. The Morgan fingerprint density at radius 1 is 1.00 bits per heavy atom. The number of carbonyl (C=O) groups is 2. The molecule has 0 aliphatic rings. The maximum atomic E-state index is 13.5. The Bertz CT molecular complexity index is 1110. The van der Waals surface area contributed by atoms with Crippen LogP contribution in [0.3, 0.4) is 0 Å². The zero-order valence-corrected chi connectivity index (χ0v) is 21.6. The lowest BCUT2D eigenvalue weighted by molar-refractivity contribution is -0.140. The van der Waals surface area contributed by atoms with E-state index in [9.17, 15) is 9.59 Å². The lowest BCUT2D eigenvalue weighted by Gasteiger charge is -2.31. The van der Waals surface area contributed by atoms with Crippen molar-refractivity contribution in [2.24, 2.45) is 0 Å². The first-order valence-corrected chi connectivity index (χ1v) is 12.8. The highest BCUT2D eigenvalue weighted by atomic mass is 35.5. The molecule has 178 valence electrons. The van der Waals surface area contributed by atoms with Crippen LogP contribution in [-0.2, 0) is 22.6 Å². The maximum Gasteiger partial charge on any atom is 0.242 e. The van der Waals surface area contributed by atoms with Crippen LogP contribution in [-0.4, -0.2) is 35.6 Å². The molecule has 0 heterocycles. The third kappa shape index (κ3) is 7.52. The van der Waals surface area contributed by atoms with Gasteiger partial charge in [0.15, 0.2) is 0 Å². The molecule has 1 N–H and O–H groups in total. The van der Waals surface area contributed by atoms with E-state index in [-0.39, 0.29) is 18.4 Å². The molecule has 0 bridgehead atoms. The molecule has 4 nitrogen and oxygen atoms in total. The summed E-state index contributed by atoms with van der Waals surface area (Å²) in [5.41, 5.74) is 2.92. The van der Waals surface area contributed by atoms with Gasteiger partial charge in [-0.25, -0.2) is 0 Å². The van der Waals surface area contributed by atoms with E-state index in [4.69, 9.17) is 23.2 Å². The van der Waals surface area contributed by atoms with Crippen LogP contribution in [0.1, 0.15) is 23.1 Å². The molecule has 7 heteroatoms. The second-order valence-electron chi connectivity index (χ2n) is 7.99. The zero-order valence-electron chi connectivity index (χ0n) is 19.3. The second-order valence-corrected chi connectivity index (χ2v) is 10.0. The van der Waals surface area contributed by atoms with Gasteiger partial charge in [0.25, 0.3) is 0 Å². The molecule has 0 fully saturated rings. The molecule has 0 aromatic heterocycles. The molecule has 0 saturated heterocycles. The van der Waals surface area contributed by atoms with E-state index < -0.39 is 6.04 Å². The van der Waals surface area contributed by atoms with Gasteiger partial charge < -0.3 is 10.2 Å². The summed E-state index contributed by atoms with van der Waals surface area (Å²) in [6.45, 7) is 2.26. The van der Waals surface area contributed by atoms with Gasteiger partial charge in [-0.05, 0) is 42.3 Å². The van der Waals surface area contributed by atoms with Gasteiger partial charge in [-0.15, -0.1) is 11.8 Å². The SMILES string of the molecule is CNC(=O)C(Cc1ccccc1)N(Cc1ccc(Cl)cc1Cl)C(=O)CCSc1ccc(C)cc1. The van der Waals surface area contributed by atoms with Crippen molar-refractivity contribution < 1.29 is 9.59 Å². The molecular weight excluding hydrogens is 487 g/mol. The topological polar surface area (TPSA) is 49.4 Å². The summed E-state index contributed by atoms with van der Waals surface area (Å²) < 4.78 is 0. The Kier molecular flexibility index (Phi) is 9.87. The van der Waals surface area contributed by atoms with Gasteiger partial charge in [0, 0.05) is 47.1 Å². The Morgan fingerprint density at radius 3 is 2.35 bits per heavy atom. The van der Waals surface area contributed by atoms with Crippen molar-refractivity contribution in [2.75, 3.05) is 12.8 Å². The molecule has 3 aromatic rings. The van der Waals surface area contributed by atoms with Crippen molar-refractivity contribution in [3.8, 4) is 0 Å². The number of nitrogens with one attached hydrogen (secondary N) is 1. The van der Waals surface area contributed by atoms with Crippen molar-refractivity contribution >= 4 is 46.8 Å². The number of hydrogen-bond donors (Lipinski definition) is 1. The average Bonchev–Trinajstić information content (AvgIpc) is 2.83. The minimum absolute atomic E-state index is 0.102. The van der Waals surface area contributed by atoms with Crippen molar-refractivity contribution in [1.29, 1.82) is 0 Å². The molecule has 3 rings (SSSR count). The van der Waals surface area contributed by atoms with E-state index in [1.165, 1.54) is 5.56 Å².